The van der Waals surface area contributed by atoms with Gasteiger partial charge in [-0.1, -0.05) is 12.1 Å². The molecule has 3 nitrogen and oxygen atoms in total. The Morgan fingerprint density at radius 1 is 1.38 bits per heavy atom. The molecule has 0 bridgehead atoms. The number of nitrogens with one attached hydrogen (secondary N) is 2. The standard InChI is InChI=1S/C16H19FN2OS/c1-3-19(10-14-5-4-8-21-14)11-16(20)18-13-7-6-12(2)15(17)9-13/h4-9H,3,10-11H2,1-2H3,(H,18,20)/p+1. The van der Waals surface area contributed by atoms with E-state index >= 15 is 0 Å². The van der Waals surface area contributed by atoms with E-state index in [2.05, 4.69) is 18.3 Å². The molecule has 1 unspecified atom stereocenters. The lowest BCUT2D eigenvalue weighted by Crippen LogP contribution is -3.11. The van der Waals surface area contributed by atoms with Crippen molar-refractivity contribution in [1.82, 2.24) is 0 Å². The Labute approximate surface area is 128 Å². The molecule has 0 radical (unpaired) electrons. The smallest absolute Gasteiger partial charge is 0.279 e. The van der Waals surface area contributed by atoms with Crippen LogP contribution in [-0.4, -0.2) is 19.0 Å². The summed E-state index contributed by atoms with van der Waals surface area (Å²) in [5.41, 5.74) is 1.08. The number of amides is 1. The molecule has 2 rings (SSSR count). The van der Waals surface area contributed by atoms with Gasteiger partial charge in [-0.2, -0.15) is 0 Å². The maximum atomic E-state index is 13.5. The maximum absolute atomic E-state index is 13.5. The molecule has 112 valence electrons. The van der Waals surface area contributed by atoms with Gasteiger partial charge in [0, 0.05) is 5.69 Å². The van der Waals surface area contributed by atoms with Gasteiger partial charge < -0.3 is 10.2 Å². The van der Waals surface area contributed by atoms with Gasteiger partial charge in [-0.15, -0.1) is 11.3 Å². The van der Waals surface area contributed by atoms with Crippen LogP contribution in [0.15, 0.2) is 35.7 Å². The number of quaternary nitrogens is 1. The largest absolute Gasteiger partial charge is 0.323 e. The normalized spacial score (nSPS) is 12.1. The van der Waals surface area contributed by atoms with Crippen LogP contribution in [0.3, 0.4) is 0 Å². The fourth-order valence-corrected chi connectivity index (χ4v) is 2.85. The highest BCUT2D eigenvalue weighted by atomic mass is 32.1. The molecule has 1 aromatic heterocycles. The summed E-state index contributed by atoms with van der Waals surface area (Å²) < 4.78 is 13.5. The van der Waals surface area contributed by atoms with Crippen LogP contribution in [0.25, 0.3) is 0 Å². The molecule has 2 N–H and O–H groups in total. The van der Waals surface area contributed by atoms with Gasteiger partial charge >= 0.3 is 0 Å². The van der Waals surface area contributed by atoms with Gasteiger partial charge in [0.05, 0.1) is 11.4 Å². The minimum atomic E-state index is -0.300. The van der Waals surface area contributed by atoms with Gasteiger partial charge in [0.1, 0.15) is 12.4 Å². The van der Waals surface area contributed by atoms with Crippen molar-refractivity contribution in [2.24, 2.45) is 0 Å². The molecular formula is C16H20FN2OS+. The monoisotopic (exact) mass is 307 g/mol. The van der Waals surface area contributed by atoms with E-state index in [4.69, 9.17) is 0 Å². The van der Waals surface area contributed by atoms with Gasteiger partial charge in [0.2, 0.25) is 0 Å². The lowest BCUT2D eigenvalue weighted by atomic mass is 10.2. The highest BCUT2D eigenvalue weighted by Crippen LogP contribution is 2.13. The zero-order chi connectivity index (χ0) is 15.2. The van der Waals surface area contributed by atoms with Crippen LogP contribution in [0.5, 0.6) is 0 Å². The Morgan fingerprint density at radius 2 is 2.19 bits per heavy atom. The summed E-state index contributed by atoms with van der Waals surface area (Å²) in [5, 5.41) is 4.80. The van der Waals surface area contributed by atoms with Crippen molar-refractivity contribution in [3.63, 3.8) is 0 Å². The van der Waals surface area contributed by atoms with Crippen LogP contribution in [-0.2, 0) is 11.3 Å². The molecule has 0 saturated heterocycles. The lowest BCUT2D eigenvalue weighted by molar-refractivity contribution is -0.903. The average Bonchev–Trinajstić information content (AvgIpc) is 2.95. The fraction of sp³-hybridized carbons (Fsp3) is 0.312. The van der Waals surface area contributed by atoms with E-state index in [1.807, 2.05) is 11.4 Å². The highest BCUT2D eigenvalue weighted by Gasteiger charge is 2.14. The van der Waals surface area contributed by atoms with Crippen LogP contribution in [0.1, 0.15) is 17.4 Å². The topological polar surface area (TPSA) is 33.5 Å². The SMILES string of the molecule is CC[NH+](CC(=O)Nc1ccc(C)c(F)c1)Cc1cccs1. The Kier molecular flexibility index (Phi) is 5.47. The van der Waals surface area contributed by atoms with Crippen molar-refractivity contribution in [3.05, 3.63) is 52.0 Å². The summed E-state index contributed by atoms with van der Waals surface area (Å²) in [6.45, 7) is 5.84. The third-order valence-electron chi connectivity index (χ3n) is 3.37. The van der Waals surface area contributed by atoms with Gasteiger partial charge in [0.15, 0.2) is 6.54 Å². The quantitative estimate of drug-likeness (QED) is 0.843. The molecular weight excluding hydrogens is 287 g/mol. The second-order valence-electron chi connectivity index (χ2n) is 5.05. The second-order valence-corrected chi connectivity index (χ2v) is 6.08. The van der Waals surface area contributed by atoms with E-state index in [9.17, 15) is 9.18 Å². The van der Waals surface area contributed by atoms with Crippen molar-refractivity contribution in [2.45, 2.75) is 20.4 Å². The number of rotatable bonds is 6. The molecule has 5 heteroatoms. The van der Waals surface area contributed by atoms with Crippen molar-refractivity contribution in [2.75, 3.05) is 18.4 Å². The third-order valence-corrected chi connectivity index (χ3v) is 4.25. The summed E-state index contributed by atoms with van der Waals surface area (Å²) >= 11 is 1.70. The maximum Gasteiger partial charge on any atom is 0.279 e. The molecule has 0 aliphatic heterocycles. The molecule has 21 heavy (non-hydrogen) atoms. The molecule has 1 atom stereocenters. The van der Waals surface area contributed by atoms with E-state index < -0.39 is 0 Å². The van der Waals surface area contributed by atoms with E-state index in [0.29, 0.717) is 17.8 Å². The van der Waals surface area contributed by atoms with Crippen LogP contribution in [0, 0.1) is 12.7 Å². The Morgan fingerprint density at radius 3 is 2.81 bits per heavy atom. The lowest BCUT2D eigenvalue weighted by Gasteiger charge is -2.16. The molecule has 0 saturated carbocycles. The predicted molar refractivity (Wildman–Crippen MR) is 84.2 cm³/mol. The highest BCUT2D eigenvalue weighted by molar-refractivity contribution is 7.09. The van der Waals surface area contributed by atoms with Crippen LogP contribution in [0.4, 0.5) is 10.1 Å². The predicted octanol–water partition coefficient (Wildman–Crippen LogP) is 2.24. The molecule has 0 aliphatic carbocycles. The van der Waals surface area contributed by atoms with E-state index in [1.54, 1.807) is 30.4 Å². The number of halogens is 1. The first-order chi connectivity index (χ1) is 10.1. The first-order valence-corrected chi connectivity index (χ1v) is 7.88. The Bertz CT molecular complexity index is 598. The zero-order valence-electron chi connectivity index (χ0n) is 12.3. The number of carbonyl (C=O) groups excluding carboxylic acids is 1. The molecule has 1 aromatic carbocycles. The van der Waals surface area contributed by atoms with Gasteiger partial charge in [0.25, 0.3) is 5.91 Å². The summed E-state index contributed by atoms with van der Waals surface area (Å²) in [6, 6.07) is 8.84. The molecule has 0 fully saturated rings. The summed E-state index contributed by atoms with van der Waals surface area (Å²) in [7, 11) is 0. The number of anilines is 1. The first kappa shape index (κ1) is 15.7. The number of thiophene rings is 1. The Hall–Kier alpha value is -1.72. The number of benzene rings is 1. The summed E-state index contributed by atoms with van der Waals surface area (Å²) in [5.74, 6) is -0.391. The molecule has 2 aromatic rings. The van der Waals surface area contributed by atoms with Crippen LogP contribution >= 0.6 is 11.3 Å². The number of hydrogen-bond donors (Lipinski definition) is 2. The number of likely N-dealkylation sites (N-methyl/N-ethyl adjacent to an activating group) is 1. The average molecular weight is 307 g/mol. The van der Waals surface area contributed by atoms with Crippen molar-refractivity contribution in [3.8, 4) is 0 Å². The molecule has 0 aliphatic rings. The number of aryl methyl sites for hydroxylation is 1. The molecule has 1 heterocycles. The molecule has 0 spiro atoms. The number of carbonyl (C=O) groups is 1. The van der Waals surface area contributed by atoms with Gasteiger partial charge in [-0.05, 0) is 43.0 Å². The second kappa shape index (κ2) is 7.33. The van der Waals surface area contributed by atoms with Crippen molar-refractivity contribution >= 4 is 22.9 Å². The van der Waals surface area contributed by atoms with E-state index in [0.717, 1.165) is 13.1 Å². The first-order valence-electron chi connectivity index (χ1n) is 7.00. The Balaban J connectivity index is 1.91. The van der Waals surface area contributed by atoms with E-state index in [1.165, 1.54) is 15.8 Å². The van der Waals surface area contributed by atoms with Crippen LogP contribution in [0.2, 0.25) is 0 Å². The number of hydrogen-bond acceptors (Lipinski definition) is 2. The van der Waals surface area contributed by atoms with E-state index in [-0.39, 0.29) is 11.7 Å². The van der Waals surface area contributed by atoms with Crippen LogP contribution < -0.4 is 10.2 Å². The summed E-state index contributed by atoms with van der Waals surface area (Å²) in [4.78, 5) is 14.5. The van der Waals surface area contributed by atoms with Crippen molar-refractivity contribution in [1.29, 1.82) is 0 Å². The molecule has 1 amide bonds. The minimum Gasteiger partial charge on any atom is -0.323 e. The van der Waals surface area contributed by atoms with Gasteiger partial charge in [-0.3, -0.25) is 4.79 Å². The third kappa shape index (κ3) is 4.65. The van der Waals surface area contributed by atoms with Crippen molar-refractivity contribution < 1.29 is 14.1 Å². The minimum absolute atomic E-state index is 0.0911. The summed E-state index contributed by atoms with van der Waals surface area (Å²) in [6.07, 6.45) is 0. The van der Waals surface area contributed by atoms with Gasteiger partial charge in [-0.25, -0.2) is 4.39 Å². The zero-order valence-corrected chi connectivity index (χ0v) is 13.1. The fourth-order valence-electron chi connectivity index (χ4n) is 2.07.